The lowest BCUT2D eigenvalue weighted by molar-refractivity contribution is 0.0600. The second kappa shape index (κ2) is 4.92. The molecule has 0 amide bonds. The number of Topliss-reactive ketones (excluding diaryl/α,β-unsaturated/α-hetero) is 1. The highest BCUT2D eigenvalue weighted by molar-refractivity contribution is 6.00. The Morgan fingerprint density at radius 1 is 1.12 bits per heavy atom. The van der Waals surface area contributed by atoms with Gasteiger partial charge in [0.1, 0.15) is 0 Å². The van der Waals surface area contributed by atoms with Crippen molar-refractivity contribution in [2.75, 3.05) is 7.11 Å². The van der Waals surface area contributed by atoms with Crippen molar-refractivity contribution in [3.05, 3.63) is 34.4 Å². The molecule has 0 saturated heterocycles. The van der Waals surface area contributed by atoms with E-state index in [1.807, 2.05) is 19.9 Å². The molecule has 1 aromatic rings. The van der Waals surface area contributed by atoms with Crippen molar-refractivity contribution in [3.8, 4) is 0 Å². The van der Waals surface area contributed by atoms with Gasteiger partial charge in [-0.25, -0.2) is 4.79 Å². The molecule has 1 rings (SSSR count). The molecule has 0 spiro atoms. The molecule has 3 heteroatoms. The fourth-order valence-electron chi connectivity index (χ4n) is 1.67. The van der Waals surface area contributed by atoms with Gasteiger partial charge in [0.05, 0.1) is 12.7 Å². The van der Waals surface area contributed by atoms with Gasteiger partial charge in [-0.2, -0.15) is 0 Å². The minimum atomic E-state index is -0.400. The number of hydrogen-bond acceptors (Lipinski definition) is 3. The fourth-order valence-corrected chi connectivity index (χ4v) is 1.67. The van der Waals surface area contributed by atoms with Gasteiger partial charge < -0.3 is 4.74 Å². The van der Waals surface area contributed by atoms with Crippen LogP contribution in [-0.2, 0) is 4.74 Å². The molecule has 0 bridgehead atoms. The zero-order valence-corrected chi connectivity index (χ0v) is 10.1. The number of rotatable bonds is 3. The van der Waals surface area contributed by atoms with E-state index in [1.165, 1.54) is 7.11 Å². The molecule has 1 aromatic carbocycles. The van der Waals surface area contributed by atoms with Crippen LogP contribution in [0.3, 0.4) is 0 Å². The van der Waals surface area contributed by atoms with Crippen LogP contribution in [-0.4, -0.2) is 18.9 Å². The van der Waals surface area contributed by atoms with Crippen LogP contribution < -0.4 is 0 Å². The first-order valence-corrected chi connectivity index (χ1v) is 5.24. The first kappa shape index (κ1) is 12.4. The van der Waals surface area contributed by atoms with Gasteiger partial charge in [0.25, 0.3) is 0 Å². The number of hydrogen-bond donors (Lipinski definition) is 0. The topological polar surface area (TPSA) is 43.4 Å². The molecule has 0 radical (unpaired) electrons. The Morgan fingerprint density at radius 2 is 1.69 bits per heavy atom. The third-order valence-corrected chi connectivity index (χ3v) is 2.60. The van der Waals surface area contributed by atoms with Crippen LogP contribution in [0.1, 0.15) is 45.2 Å². The Kier molecular flexibility index (Phi) is 3.82. The summed E-state index contributed by atoms with van der Waals surface area (Å²) in [6, 6.07) is 3.47. The van der Waals surface area contributed by atoms with Crippen molar-refractivity contribution >= 4 is 11.8 Å². The van der Waals surface area contributed by atoms with Crippen molar-refractivity contribution in [1.82, 2.24) is 0 Å². The molecule has 16 heavy (non-hydrogen) atoms. The van der Waals surface area contributed by atoms with Gasteiger partial charge in [-0.1, -0.05) is 13.0 Å². The molecule has 0 atom stereocenters. The molecule has 0 aliphatic rings. The normalized spacial score (nSPS) is 10.0. The van der Waals surface area contributed by atoms with E-state index in [1.54, 1.807) is 13.0 Å². The maximum atomic E-state index is 11.7. The molecule has 0 saturated carbocycles. The minimum Gasteiger partial charge on any atom is -0.465 e. The number of carbonyl (C=O) groups excluding carboxylic acids is 2. The summed E-state index contributed by atoms with van der Waals surface area (Å²) in [6.07, 6.45) is 0.435. The first-order chi connectivity index (χ1) is 7.51. The average Bonchev–Trinajstić information content (AvgIpc) is 2.27. The van der Waals surface area contributed by atoms with Crippen LogP contribution in [0.4, 0.5) is 0 Å². The maximum Gasteiger partial charge on any atom is 0.338 e. The standard InChI is InChI=1S/C13H16O3/c1-5-12(14)10-7-11(13(15)16-4)9(3)6-8(10)2/h6-7H,5H2,1-4H3. The second-order valence-electron chi connectivity index (χ2n) is 3.75. The van der Waals surface area contributed by atoms with Gasteiger partial charge >= 0.3 is 5.97 Å². The lowest BCUT2D eigenvalue weighted by atomic mass is 9.96. The highest BCUT2D eigenvalue weighted by Gasteiger charge is 2.15. The third-order valence-electron chi connectivity index (χ3n) is 2.60. The lowest BCUT2D eigenvalue weighted by Gasteiger charge is -2.09. The molecule has 0 unspecified atom stereocenters. The summed E-state index contributed by atoms with van der Waals surface area (Å²) in [5.74, 6) is -0.356. The number of aryl methyl sites for hydroxylation is 2. The van der Waals surface area contributed by atoms with E-state index in [0.29, 0.717) is 17.5 Å². The Balaban J connectivity index is 3.32. The Hall–Kier alpha value is -1.64. The van der Waals surface area contributed by atoms with Crippen molar-refractivity contribution in [2.24, 2.45) is 0 Å². The predicted molar refractivity (Wildman–Crippen MR) is 61.9 cm³/mol. The van der Waals surface area contributed by atoms with E-state index in [0.717, 1.165) is 11.1 Å². The van der Waals surface area contributed by atoms with Gasteiger partial charge in [-0.15, -0.1) is 0 Å². The molecular weight excluding hydrogens is 204 g/mol. The average molecular weight is 220 g/mol. The van der Waals surface area contributed by atoms with E-state index >= 15 is 0 Å². The predicted octanol–water partition coefficient (Wildman–Crippen LogP) is 2.68. The van der Waals surface area contributed by atoms with E-state index < -0.39 is 5.97 Å². The summed E-state index contributed by atoms with van der Waals surface area (Å²) < 4.78 is 4.68. The molecule has 0 aliphatic heterocycles. The Bertz CT molecular complexity index is 396. The van der Waals surface area contributed by atoms with Crippen LogP contribution in [0.25, 0.3) is 0 Å². The van der Waals surface area contributed by atoms with E-state index in [2.05, 4.69) is 4.74 Å². The molecule has 3 nitrogen and oxygen atoms in total. The first-order valence-electron chi connectivity index (χ1n) is 5.24. The lowest BCUT2D eigenvalue weighted by Crippen LogP contribution is -2.08. The fraction of sp³-hybridized carbons (Fsp3) is 0.385. The maximum absolute atomic E-state index is 11.7. The van der Waals surface area contributed by atoms with Gasteiger partial charge in [0.2, 0.25) is 0 Å². The number of benzene rings is 1. The van der Waals surface area contributed by atoms with Crippen molar-refractivity contribution in [2.45, 2.75) is 27.2 Å². The van der Waals surface area contributed by atoms with Crippen LogP contribution in [0.15, 0.2) is 12.1 Å². The molecule has 0 aromatic heterocycles. The number of methoxy groups -OCH3 is 1. The van der Waals surface area contributed by atoms with Gasteiger partial charge in [0, 0.05) is 12.0 Å². The van der Waals surface area contributed by atoms with Crippen LogP contribution in [0.5, 0.6) is 0 Å². The molecule has 0 heterocycles. The summed E-state index contributed by atoms with van der Waals surface area (Å²) in [4.78, 5) is 23.1. The number of ether oxygens (including phenoxy) is 1. The van der Waals surface area contributed by atoms with Crippen molar-refractivity contribution < 1.29 is 14.3 Å². The zero-order valence-electron chi connectivity index (χ0n) is 10.1. The minimum absolute atomic E-state index is 0.0441. The van der Waals surface area contributed by atoms with Gasteiger partial charge in [-0.05, 0) is 31.0 Å². The Morgan fingerprint density at radius 3 is 2.19 bits per heavy atom. The largest absolute Gasteiger partial charge is 0.465 e. The number of carbonyl (C=O) groups is 2. The summed E-state index contributed by atoms with van der Waals surface area (Å²) in [6.45, 7) is 5.51. The second-order valence-corrected chi connectivity index (χ2v) is 3.75. The number of ketones is 1. The van der Waals surface area contributed by atoms with Gasteiger partial charge in [-0.3, -0.25) is 4.79 Å². The van der Waals surface area contributed by atoms with Gasteiger partial charge in [0.15, 0.2) is 5.78 Å². The summed E-state index contributed by atoms with van der Waals surface area (Å²) in [5.41, 5.74) is 2.80. The SMILES string of the molecule is CCC(=O)c1cc(C(=O)OC)c(C)cc1C. The van der Waals surface area contributed by atoms with Crippen LogP contribution in [0.2, 0.25) is 0 Å². The van der Waals surface area contributed by atoms with Crippen LogP contribution >= 0.6 is 0 Å². The monoisotopic (exact) mass is 220 g/mol. The van der Waals surface area contributed by atoms with E-state index in [9.17, 15) is 9.59 Å². The Labute approximate surface area is 95.4 Å². The highest BCUT2D eigenvalue weighted by atomic mass is 16.5. The highest BCUT2D eigenvalue weighted by Crippen LogP contribution is 2.18. The smallest absolute Gasteiger partial charge is 0.338 e. The summed E-state index contributed by atoms with van der Waals surface area (Å²) in [5, 5.41) is 0. The molecule has 0 N–H and O–H groups in total. The van der Waals surface area contributed by atoms with Crippen molar-refractivity contribution in [1.29, 1.82) is 0 Å². The van der Waals surface area contributed by atoms with E-state index in [4.69, 9.17) is 0 Å². The molecule has 0 fully saturated rings. The number of esters is 1. The molecule has 86 valence electrons. The van der Waals surface area contributed by atoms with Crippen molar-refractivity contribution in [3.63, 3.8) is 0 Å². The quantitative estimate of drug-likeness (QED) is 0.581. The van der Waals surface area contributed by atoms with E-state index in [-0.39, 0.29) is 5.78 Å². The zero-order chi connectivity index (χ0) is 12.3. The summed E-state index contributed by atoms with van der Waals surface area (Å²) in [7, 11) is 1.34. The summed E-state index contributed by atoms with van der Waals surface area (Å²) >= 11 is 0. The molecular formula is C13H16O3. The van der Waals surface area contributed by atoms with Crippen LogP contribution in [0, 0.1) is 13.8 Å². The molecule has 0 aliphatic carbocycles. The third kappa shape index (κ3) is 2.30.